The molecule has 49 heavy (non-hydrogen) atoms. The van der Waals surface area contributed by atoms with Gasteiger partial charge in [-0.3, -0.25) is 4.90 Å². The van der Waals surface area contributed by atoms with Crippen LogP contribution in [-0.2, 0) is 21.6 Å². The highest BCUT2D eigenvalue weighted by Gasteiger charge is 2.45. The molecular weight excluding hydrogens is 656 g/mol. The number of piperazine rings is 1. The van der Waals surface area contributed by atoms with Crippen LogP contribution in [0.2, 0.25) is 0 Å². The first-order valence-electron chi connectivity index (χ1n) is 16.3. The van der Waals surface area contributed by atoms with Crippen molar-refractivity contribution in [3.05, 3.63) is 96.6 Å². The third kappa shape index (κ3) is 7.29. The SMILES string of the molecule is CC(C)N1CCN(c2ccc(N3CCN(c4ccc(OCC5OCC(Cn6cncn6)(c6ccc(F)cc6F)O5)cc4)CC3)cc2)C1=O.Cl. The highest BCUT2D eigenvalue weighted by Crippen LogP contribution is 2.37. The number of carbonyl (C=O) groups excluding carboxylic acids is 1. The molecule has 0 radical (unpaired) electrons. The van der Waals surface area contributed by atoms with Crippen LogP contribution in [-0.4, -0.2) is 90.5 Å². The number of benzene rings is 3. The van der Waals surface area contributed by atoms with Gasteiger partial charge in [0.2, 0.25) is 0 Å². The summed E-state index contributed by atoms with van der Waals surface area (Å²) >= 11 is 0. The van der Waals surface area contributed by atoms with Crippen LogP contribution in [0.15, 0.2) is 79.4 Å². The Kier molecular flexibility index (Phi) is 10.2. The number of hydrogen-bond donors (Lipinski definition) is 0. The molecule has 0 spiro atoms. The summed E-state index contributed by atoms with van der Waals surface area (Å²) in [6, 6.07) is 19.9. The second kappa shape index (κ2) is 14.6. The molecule has 3 aromatic carbocycles. The molecule has 3 aliphatic rings. The largest absolute Gasteiger partial charge is 0.488 e. The minimum Gasteiger partial charge on any atom is -0.488 e. The van der Waals surface area contributed by atoms with Crippen molar-refractivity contribution in [3.63, 3.8) is 0 Å². The van der Waals surface area contributed by atoms with Crippen molar-refractivity contribution in [2.45, 2.75) is 38.3 Å². The van der Waals surface area contributed by atoms with Crippen LogP contribution in [0, 0.1) is 11.6 Å². The summed E-state index contributed by atoms with van der Waals surface area (Å²) in [6.45, 7) is 9.31. The van der Waals surface area contributed by atoms with Crippen molar-refractivity contribution >= 4 is 35.5 Å². The first-order valence-corrected chi connectivity index (χ1v) is 16.3. The number of rotatable bonds is 10. The number of amides is 2. The van der Waals surface area contributed by atoms with E-state index in [4.69, 9.17) is 14.2 Å². The lowest BCUT2D eigenvalue weighted by atomic mass is 9.94. The number of urea groups is 1. The van der Waals surface area contributed by atoms with Crippen molar-refractivity contribution in [2.75, 3.05) is 67.2 Å². The smallest absolute Gasteiger partial charge is 0.324 e. The minimum atomic E-state index is -1.23. The Morgan fingerprint density at radius 3 is 2.14 bits per heavy atom. The number of ether oxygens (including phenoxy) is 3. The van der Waals surface area contributed by atoms with Gasteiger partial charge in [-0.05, 0) is 68.4 Å². The Hall–Kier alpha value is -4.46. The fourth-order valence-corrected chi connectivity index (χ4v) is 6.63. The lowest BCUT2D eigenvalue weighted by molar-refractivity contribution is -0.117. The summed E-state index contributed by atoms with van der Waals surface area (Å²) in [5, 5.41) is 4.13. The van der Waals surface area contributed by atoms with Crippen LogP contribution in [0.3, 0.4) is 0 Å². The average Bonchev–Trinajstić information content (AvgIpc) is 3.85. The maximum absolute atomic E-state index is 14.9. The van der Waals surface area contributed by atoms with Gasteiger partial charge in [0.15, 0.2) is 6.29 Å². The van der Waals surface area contributed by atoms with Crippen LogP contribution < -0.4 is 19.4 Å². The normalized spacial score (nSPS) is 21.1. The maximum Gasteiger partial charge on any atom is 0.324 e. The summed E-state index contributed by atoms with van der Waals surface area (Å²) in [4.78, 5) is 25.2. The van der Waals surface area contributed by atoms with Crippen molar-refractivity contribution in [1.29, 1.82) is 0 Å². The van der Waals surface area contributed by atoms with Gasteiger partial charge in [-0.2, -0.15) is 5.10 Å². The first kappa shape index (κ1) is 34.4. The second-order valence-electron chi connectivity index (χ2n) is 12.6. The van der Waals surface area contributed by atoms with E-state index < -0.39 is 23.5 Å². The first-order chi connectivity index (χ1) is 23.3. The Morgan fingerprint density at radius 2 is 1.55 bits per heavy atom. The number of nitrogens with zero attached hydrogens (tertiary/aromatic N) is 7. The van der Waals surface area contributed by atoms with Crippen LogP contribution >= 0.6 is 12.4 Å². The molecule has 2 atom stereocenters. The zero-order valence-electron chi connectivity index (χ0n) is 27.5. The molecule has 3 fully saturated rings. The van der Waals surface area contributed by atoms with Crippen LogP contribution in [0.5, 0.6) is 5.75 Å². The molecular formula is C35H40ClF2N7O4. The number of carbonyl (C=O) groups is 1. The van der Waals surface area contributed by atoms with E-state index in [-0.39, 0.29) is 49.8 Å². The molecule has 3 saturated heterocycles. The molecule has 2 unspecified atom stereocenters. The van der Waals surface area contributed by atoms with Gasteiger partial charge in [-0.25, -0.2) is 23.2 Å². The molecule has 0 saturated carbocycles. The van der Waals surface area contributed by atoms with Crippen LogP contribution in [0.25, 0.3) is 0 Å². The summed E-state index contributed by atoms with van der Waals surface area (Å²) in [5.41, 5.74) is 2.15. The zero-order valence-corrected chi connectivity index (χ0v) is 28.3. The summed E-state index contributed by atoms with van der Waals surface area (Å²) in [6.07, 6.45) is 2.12. The second-order valence-corrected chi connectivity index (χ2v) is 12.6. The molecule has 14 heteroatoms. The van der Waals surface area contributed by atoms with Crippen molar-refractivity contribution in [1.82, 2.24) is 19.7 Å². The van der Waals surface area contributed by atoms with Gasteiger partial charge < -0.3 is 28.9 Å². The molecule has 0 aliphatic carbocycles. The van der Waals surface area contributed by atoms with E-state index in [2.05, 4.69) is 32.0 Å². The van der Waals surface area contributed by atoms with E-state index in [0.717, 1.165) is 55.9 Å². The molecule has 4 heterocycles. The number of hydrogen-bond acceptors (Lipinski definition) is 8. The van der Waals surface area contributed by atoms with Crippen LogP contribution in [0.1, 0.15) is 19.4 Å². The molecule has 0 bridgehead atoms. The summed E-state index contributed by atoms with van der Waals surface area (Å²) < 4.78 is 48.2. The van der Waals surface area contributed by atoms with E-state index in [0.29, 0.717) is 12.3 Å². The Labute approximate surface area is 290 Å². The summed E-state index contributed by atoms with van der Waals surface area (Å²) in [5.74, 6) is -0.736. The molecule has 0 N–H and O–H groups in total. The van der Waals surface area contributed by atoms with Crippen molar-refractivity contribution < 1.29 is 27.8 Å². The quantitative estimate of drug-likeness (QED) is 0.221. The maximum atomic E-state index is 14.9. The standard InChI is InChI=1S/C35H39F2N7O4.ClH/c1-25(2)43-17-18-44(34(43)45)29-6-4-27(5-7-29)40-13-15-41(16-14-40)28-8-10-30(11-9-28)46-20-33-47-22-35(48-33,21-42-24-38-23-39-42)31-12-3-26(36)19-32(31)37;/h3-12,19,23-25,33H,13-18,20-22H2,1-2H3;1H. The number of halogens is 3. The predicted octanol–water partition coefficient (Wildman–Crippen LogP) is 5.30. The molecule has 2 amide bonds. The van der Waals surface area contributed by atoms with Crippen LogP contribution in [0.4, 0.5) is 30.6 Å². The third-order valence-corrected chi connectivity index (χ3v) is 9.22. The van der Waals surface area contributed by atoms with E-state index in [1.165, 1.54) is 29.5 Å². The van der Waals surface area contributed by atoms with E-state index in [9.17, 15) is 13.6 Å². The zero-order chi connectivity index (χ0) is 33.3. The monoisotopic (exact) mass is 695 g/mol. The highest BCUT2D eigenvalue weighted by molar-refractivity contribution is 5.94. The number of aromatic nitrogens is 3. The molecule has 7 rings (SSSR count). The fourth-order valence-electron chi connectivity index (χ4n) is 6.63. The minimum absolute atomic E-state index is 0. The topological polar surface area (TPSA) is 88.4 Å². The Balaban J connectivity index is 0.00000417. The number of anilines is 3. The fraction of sp³-hybridized carbons (Fsp3) is 0.400. The summed E-state index contributed by atoms with van der Waals surface area (Å²) in [7, 11) is 0. The predicted molar refractivity (Wildman–Crippen MR) is 184 cm³/mol. The van der Waals surface area contributed by atoms with E-state index in [1.807, 2.05) is 60.0 Å². The highest BCUT2D eigenvalue weighted by atomic mass is 35.5. The Bertz CT molecular complexity index is 1710. The third-order valence-electron chi connectivity index (χ3n) is 9.22. The lowest BCUT2D eigenvalue weighted by Gasteiger charge is -2.37. The molecule has 260 valence electrons. The van der Waals surface area contributed by atoms with Gasteiger partial charge in [0.05, 0.1) is 13.2 Å². The van der Waals surface area contributed by atoms with Crippen molar-refractivity contribution in [2.24, 2.45) is 0 Å². The molecule has 4 aromatic rings. The van der Waals surface area contributed by atoms with Gasteiger partial charge in [0.1, 0.15) is 42.2 Å². The van der Waals surface area contributed by atoms with Gasteiger partial charge in [0, 0.05) is 74.0 Å². The van der Waals surface area contributed by atoms with Crippen molar-refractivity contribution in [3.8, 4) is 5.75 Å². The average molecular weight is 696 g/mol. The van der Waals surface area contributed by atoms with Gasteiger partial charge in [-0.15, -0.1) is 12.4 Å². The van der Waals surface area contributed by atoms with E-state index in [1.54, 1.807) is 0 Å². The molecule has 3 aliphatic heterocycles. The van der Waals surface area contributed by atoms with Gasteiger partial charge in [-0.1, -0.05) is 6.07 Å². The van der Waals surface area contributed by atoms with Gasteiger partial charge in [0.25, 0.3) is 0 Å². The Morgan fingerprint density at radius 1 is 0.898 bits per heavy atom. The molecule has 1 aromatic heterocycles. The molecule has 11 nitrogen and oxygen atoms in total. The lowest BCUT2D eigenvalue weighted by Crippen LogP contribution is -2.46. The van der Waals surface area contributed by atoms with Gasteiger partial charge >= 0.3 is 6.03 Å². The van der Waals surface area contributed by atoms with E-state index >= 15 is 0 Å².